The number of ether oxygens (including phenoxy) is 2. The molecule has 39 heavy (non-hydrogen) atoms. The molecule has 3 aromatic rings. The van der Waals surface area contributed by atoms with Gasteiger partial charge in [0.2, 0.25) is 11.9 Å². The quantitative estimate of drug-likeness (QED) is 0.191. The van der Waals surface area contributed by atoms with E-state index in [0.29, 0.717) is 11.4 Å². The predicted molar refractivity (Wildman–Crippen MR) is 144 cm³/mol. The average Bonchev–Trinajstić information content (AvgIpc) is 2.90. The second kappa shape index (κ2) is 13.3. The number of amides is 1. The minimum atomic E-state index is -0.751. The molecule has 3 rings (SSSR count). The molecule has 12 heteroatoms. The normalized spacial score (nSPS) is 12.3. The van der Waals surface area contributed by atoms with E-state index in [1.54, 1.807) is 45.0 Å². The van der Waals surface area contributed by atoms with E-state index in [9.17, 15) is 18.4 Å². The number of nitrogens with two attached hydrogens (primary N) is 1. The third-order valence-corrected chi connectivity index (χ3v) is 5.29. The summed E-state index contributed by atoms with van der Waals surface area (Å²) in [7, 11) is 0. The number of nitrogens with zero attached hydrogens (tertiary/aromatic N) is 2. The maximum absolute atomic E-state index is 14.7. The molecule has 0 radical (unpaired) electrons. The van der Waals surface area contributed by atoms with Gasteiger partial charge in [-0.25, -0.2) is 13.8 Å². The molecular weight excluding hydrogens is 510 g/mol. The molecule has 0 saturated carbocycles. The summed E-state index contributed by atoms with van der Waals surface area (Å²) < 4.78 is 39.7. The highest BCUT2D eigenvalue weighted by atomic mass is 19.1. The summed E-state index contributed by atoms with van der Waals surface area (Å²) in [4.78, 5) is 31.4. The van der Waals surface area contributed by atoms with E-state index >= 15 is 0 Å². The number of benzene rings is 2. The molecule has 0 spiro atoms. The number of carbonyl (C=O) groups is 2. The minimum absolute atomic E-state index is 0.00450. The Kier molecular flexibility index (Phi) is 9.87. The summed E-state index contributed by atoms with van der Waals surface area (Å²) in [6.45, 7) is 8.54. The molecule has 5 N–H and O–H groups in total. The molecule has 2 atom stereocenters. The molecule has 0 unspecified atom stereocenters. The first-order valence-electron chi connectivity index (χ1n) is 12.0. The summed E-state index contributed by atoms with van der Waals surface area (Å²) in [5.74, 6) is -2.61. The van der Waals surface area contributed by atoms with Gasteiger partial charge in [-0.3, -0.25) is 9.59 Å². The number of rotatable bonds is 12. The molecular formula is C27H30F2N6O4. The SMILES string of the molecule is C=CC(=O)Nc1cccc(Nc2nc(Nc3ccc(O[C@H](C)COC(=O)[C@@H](N)C(C)C)c(F)c3)ncc2F)c1. The molecule has 0 fully saturated rings. The number of esters is 1. The molecule has 2 aromatic carbocycles. The van der Waals surface area contributed by atoms with Crippen LogP contribution in [-0.4, -0.2) is 40.6 Å². The van der Waals surface area contributed by atoms with Crippen molar-refractivity contribution in [3.8, 4) is 5.75 Å². The summed E-state index contributed by atoms with van der Waals surface area (Å²) in [6.07, 6.45) is 1.47. The Hall–Kier alpha value is -4.58. The van der Waals surface area contributed by atoms with Crippen LogP contribution < -0.4 is 26.4 Å². The number of hydrogen-bond donors (Lipinski definition) is 4. The van der Waals surface area contributed by atoms with Crippen molar-refractivity contribution >= 4 is 40.7 Å². The van der Waals surface area contributed by atoms with Crippen molar-refractivity contribution < 1.29 is 27.8 Å². The smallest absolute Gasteiger partial charge is 0.323 e. The van der Waals surface area contributed by atoms with Crippen molar-refractivity contribution in [1.29, 1.82) is 0 Å². The lowest BCUT2D eigenvalue weighted by molar-refractivity contribution is -0.148. The Morgan fingerprint density at radius 1 is 1.05 bits per heavy atom. The van der Waals surface area contributed by atoms with E-state index in [2.05, 4.69) is 32.5 Å². The van der Waals surface area contributed by atoms with Gasteiger partial charge in [0.05, 0.1) is 6.20 Å². The van der Waals surface area contributed by atoms with Crippen LogP contribution in [0.25, 0.3) is 0 Å². The lowest BCUT2D eigenvalue weighted by Gasteiger charge is -2.18. The van der Waals surface area contributed by atoms with Gasteiger partial charge in [0, 0.05) is 23.1 Å². The van der Waals surface area contributed by atoms with Crippen LogP contribution in [0.1, 0.15) is 20.8 Å². The fraction of sp³-hybridized carbons (Fsp3) is 0.259. The first-order valence-corrected chi connectivity index (χ1v) is 12.0. The van der Waals surface area contributed by atoms with E-state index in [1.165, 1.54) is 12.1 Å². The molecule has 0 saturated heterocycles. The van der Waals surface area contributed by atoms with Crippen molar-refractivity contribution in [3.05, 3.63) is 73.0 Å². The number of hydrogen-bond acceptors (Lipinski definition) is 9. The Labute approximate surface area is 224 Å². The monoisotopic (exact) mass is 540 g/mol. The van der Waals surface area contributed by atoms with Gasteiger partial charge in [0.15, 0.2) is 23.2 Å². The van der Waals surface area contributed by atoms with Crippen LogP contribution in [-0.2, 0) is 14.3 Å². The zero-order chi connectivity index (χ0) is 28.5. The number of aromatic nitrogens is 2. The Balaban J connectivity index is 1.63. The maximum atomic E-state index is 14.7. The van der Waals surface area contributed by atoms with Crippen molar-refractivity contribution in [3.63, 3.8) is 0 Å². The third kappa shape index (κ3) is 8.47. The van der Waals surface area contributed by atoms with Gasteiger partial charge in [-0.1, -0.05) is 26.5 Å². The second-order valence-electron chi connectivity index (χ2n) is 8.89. The average molecular weight is 541 g/mol. The fourth-order valence-corrected chi connectivity index (χ4v) is 3.14. The van der Waals surface area contributed by atoms with Crippen molar-refractivity contribution in [2.24, 2.45) is 11.7 Å². The van der Waals surface area contributed by atoms with Crippen molar-refractivity contribution in [2.45, 2.75) is 32.9 Å². The number of carbonyl (C=O) groups excluding carboxylic acids is 2. The highest BCUT2D eigenvalue weighted by Crippen LogP contribution is 2.26. The molecule has 1 amide bonds. The Morgan fingerprint density at radius 3 is 2.46 bits per heavy atom. The first-order chi connectivity index (χ1) is 18.5. The maximum Gasteiger partial charge on any atom is 0.323 e. The number of nitrogens with one attached hydrogen (secondary N) is 3. The Bertz CT molecular complexity index is 1340. The van der Waals surface area contributed by atoms with Crippen LogP contribution in [0.15, 0.2) is 61.3 Å². The van der Waals surface area contributed by atoms with E-state index in [1.807, 2.05) is 0 Å². The van der Waals surface area contributed by atoms with Crippen LogP contribution in [0.2, 0.25) is 0 Å². The zero-order valence-corrected chi connectivity index (χ0v) is 21.7. The lowest BCUT2D eigenvalue weighted by atomic mass is 10.1. The van der Waals surface area contributed by atoms with Crippen molar-refractivity contribution in [1.82, 2.24) is 9.97 Å². The highest BCUT2D eigenvalue weighted by molar-refractivity contribution is 5.99. The van der Waals surface area contributed by atoms with E-state index < -0.39 is 29.7 Å². The second-order valence-corrected chi connectivity index (χ2v) is 8.89. The summed E-state index contributed by atoms with van der Waals surface area (Å²) in [6, 6.07) is 9.90. The first kappa shape index (κ1) is 29.0. The standard InChI is InChI=1S/C27H30F2N6O4/c1-5-23(36)32-17-7-6-8-18(11-17)33-25-21(29)13-31-27(35-25)34-19-9-10-22(20(28)12-19)39-16(4)14-38-26(37)24(30)15(2)3/h5-13,15-16,24H,1,14,30H2,2-4H3,(H,32,36)(H2,31,33,34,35)/t16-,24+/m1/s1. The Morgan fingerprint density at radius 2 is 1.77 bits per heavy atom. The number of halogens is 2. The van der Waals surface area contributed by atoms with Crippen LogP contribution in [0.3, 0.4) is 0 Å². The molecule has 0 bridgehead atoms. The topological polar surface area (TPSA) is 140 Å². The van der Waals surface area contributed by atoms with Crippen LogP contribution in [0.5, 0.6) is 5.75 Å². The largest absolute Gasteiger partial charge is 0.484 e. The summed E-state index contributed by atoms with van der Waals surface area (Å²) in [5.41, 5.74) is 6.97. The fourth-order valence-electron chi connectivity index (χ4n) is 3.14. The number of anilines is 5. The molecule has 0 aliphatic rings. The van der Waals surface area contributed by atoms with Gasteiger partial charge in [-0.2, -0.15) is 4.98 Å². The van der Waals surface area contributed by atoms with Gasteiger partial charge in [0.25, 0.3) is 0 Å². The molecule has 1 aromatic heterocycles. The molecule has 1 heterocycles. The molecule has 0 aliphatic heterocycles. The highest BCUT2D eigenvalue weighted by Gasteiger charge is 2.20. The lowest BCUT2D eigenvalue weighted by Crippen LogP contribution is -2.38. The predicted octanol–water partition coefficient (Wildman–Crippen LogP) is 4.66. The van der Waals surface area contributed by atoms with Gasteiger partial charge < -0.3 is 31.2 Å². The third-order valence-electron chi connectivity index (χ3n) is 5.29. The van der Waals surface area contributed by atoms with Gasteiger partial charge in [0.1, 0.15) is 18.8 Å². The van der Waals surface area contributed by atoms with Crippen molar-refractivity contribution in [2.75, 3.05) is 22.6 Å². The summed E-state index contributed by atoms with van der Waals surface area (Å²) >= 11 is 0. The van der Waals surface area contributed by atoms with Crippen LogP contribution >= 0.6 is 0 Å². The molecule has 206 valence electrons. The van der Waals surface area contributed by atoms with Crippen LogP contribution in [0, 0.1) is 17.6 Å². The van der Waals surface area contributed by atoms with Crippen LogP contribution in [0.4, 0.5) is 37.6 Å². The zero-order valence-electron chi connectivity index (χ0n) is 21.7. The molecule has 10 nitrogen and oxygen atoms in total. The summed E-state index contributed by atoms with van der Waals surface area (Å²) in [5, 5.41) is 8.24. The van der Waals surface area contributed by atoms with E-state index in [-0.39, 0.29) is 41.6 Å². The van der Waals surface area contributed by atoms with Gasteiger partial charge in [-0.15, -0.1) is 0 Å². The molecule has 0 aliphatic carbocycles. The minimum Gasteiger partial charge on any atom is -0.484 e. The van der Waals surface area contributed by atoms with E-state index in [0.717, 1.165) is 18.3 Å². The van der Waals surface area contributed by atoms with Gasteiger partial charge in [-0.05, 0) is 49.2 Å². The van der Waals surface area contributed by atoms with Gasteiger partial charge >= 0.3 is 5.97 Å². The van der Waals surface area contributed by atoms with E-state index in [4.69, 9.17) is 15.2 Å².